The van der Waals surface area contributed by atoms with Crippen LogP contribution in [0, 0.1) is 13.8 Å². The molecule has 0 spiro atoms. The molecule has 0 bridgehead atoms. The molecule has 0 aliphatic heterocycles. The Morgan fingerprint density at radius 3 is 2.71 bits per heavy atom. The molecule has 2 aromatic rings. The standard InChI is InChI=1S/C17H28N6S/c1-7-14-9-19-16(24-14)10-20-17(18-5)21-11(2)8-15-12(3)22-23(6)13(15)4/h9,11H,7-8,10H2,1-6H3,(H2,18,20,21). The molecule has 0 saturated heterocycles. The second-order valence-corrected chi connectivity index (χ2v) is 7.22. The van der Waals surface area contributed by atoms with Gasteiger partial charge in [-0.25, -0.2) is 4.98 Å². The topological polar surface area (TPSA) is 67.1 Å². The van der Waals surface area contributed by atoms with Crippen molar-refractivity contribution in [3.05, 3.63) is 33.0 Å². The molecule has 2 N–H and O–H groups in total. The summed E-state index contributed by atoms with van der Waals surface area (Å²) in [7, 11) is 3.78. The van der Waals surface area contributed by atoms with Gasteiger partial charge in [-0.05, 0) is 39.2 Å². The molecule has 0 aromatic carbocycles. The number of hydrogen-bond acceptors (Lipinski definition) is 4. The largest absolute Gasteiger partial charge is 0.354 e. The first kappa shape index (κ1) is 18.4. The predicted octanol–water partition coefficient (Wildman–Crippen LogP) is 2.35. The van der Waals surface area contributed by atoms with Gasteiger partial charge in [0.15, 0.2) is 5.96 Å². The van der Waals surface area contributed by atoms with Crippen molar-refractivity contribution in [2.75, 3.05) is 7.05 Å². The van der Waals surface area contributed by atoms with Crippen LogP contribution in [0.1, 0.15) is 40.7 Å². The Morgan fingerprint density at radius 1 is 1.42 bits per heavy atom. The number of aromatic nitrogens is 3. The van der Waals surface area contributed by atoms with E-state index in [1.807, 2.05) is 17.9 Å². The molecule has 1 atom stereocenters. The fraction of sp³-hybridized carbons (Fsp3) is 0.588. The monoisotopic (exact) mass is 348 g/mol. The summed E-state index contributed by atoms with van der Waals surface area (Å²) in [6.07, 6.45) is 3.91. The van der Waals surface area contributed by atoms with Crippen molar-refractivity contribution in [3.63, 3.8) is 0 Å². The van der Waals surface area contributed by atoms with E-state index >= 15 is 0 Å². The average molecular weight is 349 g/mol. The Hall–Kier alpha value is -1.89. The van der Waals surface area contributed by atoms with Crippen LogP contribution in [0.15, 0.2) is 11.2 Å². The third-order valence-electron chi connectivity index (χ3n) is 4.13. The van der Waals surface area contributed by atoms with Gasteiger partial charge in [0.05, 0.1) is 12.2 Å². The van der Waals surface area contributed by atoms with Gasteiger partial charge in [0, 0.05) is 36.9 Å². The molecule has 0 saturated carbocycles. The van der Waals surface area contributed by atoms with Crippen molar-refractivity contribution in [3.8, 4) is 0 Å². The van der Waals surface area contributed by atoms with E-state index in [-0.39, 0.29) is 6.04 Å². The van der Waals surface area contributed by atoms with E-state index in [0.717, 1.165) is 29.5 Å². The van der Waals surface area contributed by atoms with Crippen LogP contribution in [0.25, 0.3) is 0 Å². The summed E-state index contributed by atoms with van der Waals surface area (Å²) in [4.78, 5) is 10.1. The summed E-state index contributed by atoms with van der Waals surface area (Å²) in [5, 5.41) is 12.4. The van der Waals surface area contributed by atoms with Crippen LogP contribution < -0.4 is 10.6 Å². The first-order chi connectivity index (χ1) is 11.4. The zero-order valence-corrected chi connectivity index (χ0v) is 16.3. The summed E-state index contributed by atoms with van der Waals surface area (Å²) in [5.41, 5.74) is 3.63. The highest BCUT2D eigenvalue weighted by atomic mass is 32.1. The first-order valence-corrected chi connectivity index (χ1v) is 9.16. The number of aryl methyl sites for hydroxylation is 3. The Kier molecular flexibility index (Phi) is 6.36. The molecule has 0 aliphatic rings. The maximum atomic E-state index is 4.49. The highest BCUT2D eigenvalue weighted by Gasteiger charge is 2.14. The number of guanidine groups is 1. The molecular formula is C17H28N6S. The molecule has 0 fully saturated rings. The minimum atomic E-state index is 0.264. The lowest BCUT2D eigenvalue weighted by Gasteiger charge is -2.18. The van der Waals surface area contributed by atoms with Crippen molar-refractivity contribution in [1.82, 2.24) is 25.4 Å². The van der Waals surface area contributed by atoms with Crippen LogP contribution >= 0.6 is 11.3 Å². The zero-order chi connectivity index (χ0) is 17.7. The van der Waals surface area contributed by atoms with Gasteiger partial charge in [0.1, 0.15) is 5.01 Å². The van der Waals surface area contributed by atoms with Crippen LogP contribution in [-0.2, 0) is 26.4 Å². The van der Waals surface area contributed by atoms with E-state index < -0.39 is 0 Å². The normalized spacial score (nSPS) is 13.2. The molecular weight excluding hydrogens is 320 g/mol. The second-order valence-electron chi connectivity index (χ2n) is 6.02. The molecule has 132 valence electrons. The first-order valence-electron chi connectivity index (χ1n) is 8.34. The van der Waals surface area contributed by atoms with Gasteiger partial charge in [-0.15, -0.1) is 11.3 Å². The minimum absolute atomic E-state index is 0.264. The van der Waals surface area contributed by atoms with Crippen LogP contribution in [0.3, 0.4) is 0 Å². The van der Waals surface area contributed by atoms with Gasteiger partial charge < -0.3 is 10.6 Å². The van der Waals surface area contributed by atoms with Gasteiger partial charge >= 0.3 is 0 Å². The Labute approximate surface area is 148 Å². The van der Waals surface area contributed by atoms with Crippen molar-refractivity contribution in [2.24, 2.45) is 12.0 Å². The Morgan fingerprint density at radius 2 is 2.17 bits per heavy atom. The summed E-state index contributed by atoms with van der Waals surface area (Å²) in [6.45, 7) is 9.19. The summed E-state index contributed by atoms with van der Waals surface area (Å²) in [6, 6.07) is 0.264. The van der Waals surface area contributed by atoms with Crippen LogP contribution in [-0.4, -0.2) is 33.8 Å². The summed E-state index contributed by atoms with van der Waals surface area (Å²) < 4.78 is 1.94. The average Bonchev–Trinajstić information content (AvgIpc) is 3.11. The van der Waals surface area contributed by atoms with E-state index in [1.165, 1.54) is 16.1 Å². The quantitative estimate of drug-likeness (QED) is 0.621. The van der Waals surface area contributed by atoms with Crippen molar-refractivity contribution in [2.45, 2.75) is 53.1 Å². The predicted molar refractivity (Wildman–Crippen MR) is 101 cm³/mol. The molecule has 2 heterocycles. The lowest BCUT2D eigenvalue weighted by atomic mass is 10.1. The fourth-order valence-electron chi connectivity index (χ4n) is 2.65. The van der Waals surface area contributed by atoms with E-state index in [2.05, 4.69) is 53.4 Å². The van der Waals surface area contributed by atoms with Gasteiger partial charge in [-0.3, -0.25) is 9.67 Å². The maximum Gasteiger partial charge on any atom is 0.191 e. The van der Waals surface area contributed by atoms with Gasteiger partial charge in [-0.1, -0.05) is 6.92 Å². The number of aliphatic imine (C=N–C) groups is 1. The number of thiazole rings is 1. The second kappa shape index (κ2) is 8.28. The molecule has 0 aliphatic carbocycles. The van der Waals surface area contributed by atoms with Crippen LogP contribution in [0.2, 0.25) is 0 Å². The van der Waals surface area contributed by atoms with Gasteiger partial charge in [0.2, 0.25) is 0 Å². The van der Waals surface area contributed by atoms with E-state index in [1.54, 1.807) is 18.4 Å². The molecule has 7 heteroatoms. The SMILES string of the molecule is CCc1cnc(CNC(=NC)NC(C)Cc2c(C)nn(C)c2C)s1. The fourth-order valence-corrected chi connectivity index (χ4v) is 3.45. The lowest BCUT2D eigenvalue weighted by Crippen LogP contribution is -2.42. The van der Waals surface area contributed by atoms with E-state index in [9.17, 15) is 0 Å². The van der Waals surface area contributed by atoms with E-state index in [4.69, 9.17) is 0 Å². The van der Waals surface area contributed by atoms with Crippen LogP contribution in [0.5, 0.6) is 0 Å². The minimum Gasteiger partial charge on any atom is -0.354 e. The lowest BCUT2D eigenvalue weighted by molar-refractivity contribution is 0.635. The third kappa shape index (κ3) is 4.56. The number of nitrogens with one attached hydrogen (secondary N) is 2. The van der Waals surface area contributed by atoms with Gasteiger partial charge in [0.25, 0.3) is 0 Å². The summed E-state index contributed by atoms with van der Waals surface area (Å²) in [5.74, 6) is 0.801. The van der Waals surface area contributed by atoms with E-state index in [0.29, 0.717) is 6.54 Å². The smallest absolute Gasteiger partial charge is 0.191 e. The number of rotatable bonds is 6. The van der Waals surface area contributed by atoms with Crippen molar-refractivity contribution in [1.29, 1.82) is 0 Å². The third-order valence-corrected chi connectivity index (χ3v) is 5.27. The highest BCUT2D eigenvalue weighted by molar-refractivity contribution is 7.11. The molecule has 0 amide bonds. The molecule has 2 aromatic heterocycles. The van der Waals surface area contributed by atoms with Crippen molar-refractivity contribution >= 4 is 17.3 Å². The summed E-state index contributed by atoms with van der Waals surface area (Å²) >= 11 is 1.75. The molecule has 0 radical (unpaired) electrons. The maximum absolute atomic E-state index is 4.49. The van der Waals surface area contributed by atoms with Crippen molar-refractivity contribution < 1.29 is 0 Å². The number of hydrogen-bond donors (Lipinski definition) is 2. The van der Waals surface area contributed by atoms with Crippen LogP contribution in [0.4, 0.5) is 0 Å². The zero-order valence-electron chi connectivity index (χ0n) is 15.5. The molecule has 1 unspecified atom stereocenters. The molecule has 6 nitrogen and oxygen atoms in total. The Bertz CT molecular complexity index is 700. The van der Waals surface area contributed by atoms with Gasteiger partial charge in [-0.2, -0.15) is 5.10 Å². The molecule has 2 rings (SSSR count). The molecule has 24 heavy (non-hydrogen) atoms. The number of nitrogens with zero attached hydrogens (tertiary/aromatic N) is 4. The highest BCUT2D eigenvalue weighted by Crippen LogP contribution is 2.14. The Balaban J connectivity index is 1.89.